The molecule has 2 saturated heterocycles. The summed E-state index contributed by atoms with van der Waals surface area (Å²) in [7, 11) is -0.750. The third-order valence-corrected chi connectivity index (χ3v) is 11.0. The SMILES string of the molecule is COc1ccc(C(ONc2ccn([C@@H]3O[C@H](COP4(=O)OCc5ccccc5O4)C4OC(C)(C)O[C@@H]43)c(=O)n2)(c2ccccc2)c2ccc(OC)cc2)cc1. The Kier molecular flexibility index (Phi) is 9.99. The van der Waals surface area contributed by atoms with E-state index in [0.717, 1.165) is 22.3 Å². The summed E-state index contributed by atoms with van der Waals surface area (Å²) in [4.78, 5) is 24.8. The van der Waals surface area contributed by atoms with Crippen molar-refractivity contribution >= 4 is 13.6 Å². The summed E-state index contributed by atoms with van der Waals surface area (Å²) in [5.74, 6) is 0.934. The lowest BCUT2D eigenvalue weighted by molar-refractivity contribution is -0.200. The van der Waals surface area contributed by atoms with Crippen LogP contribution < -0.4 is 25.2 Å². The Morgan fingerprint density at radius 1 is 0.836 bits per heavy atom. The average molecular weight is 770 g/mol. The first-order chi connectivity index (χ1) is 26.6. The van der Waals surface area contributed by atoms with E-state index in [9.17, 15) is 9.36 Å². The molecule has 0 spiro atoms. The quantitative estimate of drug-likeness (QED) is 0.0812. The topological polar surface area (TPSA) is 147 Å². The van der Waals surface area contributed by atoms with Crippen LogP contribution in [0.4, 0.5) is 5.82 Å². The molecule has 0 bridgehead atoms. The first-order valence-corrected chi connectivity index (χ1v) is 19.1. The van der Waals surface area contributed by atoms with Gasteiger partial charge in [-0.2, -0.15) is 4.98 Å². The minimum absolute atomic E-state index is 0.0676. The van der Waals surface area contributed by atoms with E-state index >= 15 is 0 Å². The smallest absolute Gasteiger partial charge is 0.497 e. The van der Waals surface area contributed by atoms with Gasteiger partial charge in [-0.3, -0.25) is 18.5 Å². The number of ether oxygens (including phenoxy) is 5. The van der Waals surface area contributed by atoms with Crippen LogP contribution in [0, 0.1) is 0 Å². The number of phosphoric ester groups is 1. The third-order valence-electron chi connectivity index (χ3n) is 9.67. The summed E-state index contributed by atoms with van der Waals surface area (Å²) < 4.78 is 61.1. The lowest BCUT2D eigenvalue weighted by atomic mass is 9.80. The minimum atomic E-state index is -3.96. The predicted molar refractivity (Wildman–Crippen MR) is 199 cm³/mol. The van der Waals surface area contributed by atoms with Crippen LogP contribution in [0.1, 0.15) is 42.3 Å². The van der Waals surface area contributed by atoms with Crippen LogP contribution in [0.2, 0.25) is 0 Å². The van der Waals surface area contributed by atoms with Crippen LogP contribution in [0.15, 0.2) is 120 Å². The molecule has 5 atom stereocenters. The molecule has 55 heavy (non-hydrogen) atoms. The number of anilines is 1. The molecular formula is C40H40N3O11P. The summed E-state index contributed by atoms with van der Waals surface area (Å²) in [5, 5.41) is 0. The van der Waals surface area contributed by atoms with Gasteiger partial charge in [0.15, 0.2) is 23.4 Å². The zero-order valence-corrected chi connectivity index (χ0v) is 31.4. The monoisotopic (exact) mass is 769 g/mol. The Morgan fingerprint density at radius 3 is 2.11 bits per heavy atom. The fraction of sp³-hybridized carbons (Fsp3) is 0.300. The molecule has 0 amide bonds. The van der Waals surface area contributed by atoms with E-state index in [1.54, 1.807) is 46.3 Å². The maximum Gasteiger partial charge on any atom is 0.530 e. The number of benzene rings is 4. The second-order valence-corrected chi connectivity index (χ2v) is 15.1. The van der Waals surface area contributed by atoms with Gasteiger partial charge >= 0.3 is 13.5 Å². The van der Waals surface area contributed by atoms with Crippen molar-refractivity contribution in [1.82, 2.24) is 9.55 Å². The maximum absolute atomic E-state index is 13.8. The van der Waals surface area contributed by atoms with E-state index in [1.807, 2.05) is 91.0 Å². The Morgan fingerprint density at radius 2 is 1.45 bits per heavy atom. The molecule has 3 aliphatic heterocycles. The number of fused-ring (bicyclic) bond motifs is 2. The number of para-hydroxylation sites is 1. The molecule has 0 radical (unpaired) electrons. The number of hydrogen-bond donors (Lipinski definition) is 1. The van der Waals surface area contributed by atoms with Crippen molar-refractivity contribution in [2.75, 3.05) is 26.3 Å². The molecule has 3 aliphatic rings. The molecule has 2 unspecified atom stereocenters. The van der Waals surface area contributed by atoms with Gasteiger partial charge in [-0.25, -0.2) is 14.8 Å². The van der Waals surface area contributed by atoms with Crippen LogP contribution in [0.25, 0.3) is 0 Å². The molecule has 8 rings (SSSR count). The number of phosphoric acid groups is 1. The predicted octanol–water partition coefficient (Wildman–Crippen LogP) is 6.75. The van der Waals surface area contributed by atoms with E-state index in [1.165, 1.54) is 10.8 Å². The Balaban J connectivity index is 1.06. The molecule has 4 heterocycles. The molecule has 5 aromatic rings. The largest absolute Gasteiger partial charge is 0.530 e. The van der Waals surface area contributed by atoms with E-state index < -0.39 is 49.4 Å². The average Bonchev–Trinajstić information content (AvgIpc) is 3.70. The van der Waals surface area contributed by atoms with Crippen LogP contribution >= 0.6 is 7.82 Å². The standard InChI is InChI=1S/C40H40N3O11P/c1-39(2)51-35-33(25-49-55(45)48-24-26-10-8-9-13-32(26)53-55)50-37(36(35)52-39)43-23-22-34(41-38(43)44)42-54-40(27-11-6-5-7-12-27,28-14-18-30(46-3)19-15-28)29-16-20-31(47-4)21-17-29/h5-23,33,35-37H,24-25H2,1-4H3,(H,41,42,44)/t33-,35?,36+,37-,55?/m1/s1. The first kappa shape index (κ1) is 36.9. The third kappa shape index (κ3) is 7.26. The number of nitrogens with one attached hydrogen (secondary N) is 1. The fourth-order valence-corrected chi connectivity index (χ4v) is 8.27. The van der Waals surface area contributed by atoms with Gasteiger partial charge in [0.2, 0.25) is 0 Å². The van der Waals surface area contributed by atoms with Crippen molar-refractivity contribution in [2.24, 2.45) is 0 Å². The molecule has 286 valence electrons. The highest BCUT2D eigenvalue weighted by Gasteiger charge is 2.57. The zero-order chi connectivity index (χ0) is 38.2. The highest BCUT2D eigenvalue weighted by atomic mass is 31.2. The summed E-state index contributed by atoms with van der Waals surface area (Å²) in [6, 6.07) is 33.5. The summed E-state index contributed by atoms with van der Waals surface area (Å²) in [6.07, 6.45) is -1.59. The van der Waals surface area contributed by atoms with Gasteiger partial charge in [-0.15, -0.1) is 0 Å². The van der Waals surface area contributed by atoms with Crippen molar-refractivity contribution in [2.45, 2.75) is 56.4 Å². The number of aromatic nitrogens is 2. The van der Waals surface area contributed by atoms with Gasteiger partial charge in [0.25, 0.3) is 0 Å². The molecule has 0 saturated carbocycles. The van der Waals surface area contributed by atoms with Crippen molar-refractivity contribution in [3.8, 4) is 17.2 Å². The lowest BCUT2D eigenvalue weighted by Gasteiger charge is -2.35. The zero-order valence-electron chi connectivity index (χ0n) is 30.5. The number of methoxy groups -OCH3 is 2. The van der Waals surface area contributed by atoms with Crippen LogP contribution in [-0.2, 0) is 44.9 Å². The molecule has 2 fully saturated rings. The summed E-state index contributed by atoms with van der Waals surface area (Å²) >= 11 is 0. The van der Waals surface area contributed by atoms with E-state index in [4.69, 9.17) is 42.1 Å². The van der Waals surface area contributed by atoms with Crippen molar-refractivity contribution in [1.29, 1.82) is 0 Å². The van der Waals surface area contributed by atoms with Gasteiger partial charge in [0.1, 0.15) is 35.6 Å². The van der Waals surface area contributed by atoms with Crippen molar-refractivity contribution in [3.63, 3.8) is 0 Å². The van der Waals surface area contributed by atoms with Gasteiger partial charge in [0.05, 0.1) is 27.4 Å². The normalized spacial score (nSPS) is 24.0. The van der Waals surface area contributed by atoms with Gasteiger partial charge in [0, 0.05) is 11.8 Å². The van der Waals surface area contributed by atoms with Crippen LogP contribution in [0.3, 0.4) is 0 Å². The molecule has 1 N–H and O–H groups in total. The summed E-state index contributed by atoms with van der Waals surface area (Å²) in [6.45, 7) is 3.38. The van der Waals surface area contributed by atoms with Crippen molar-refractivity contribution < 1.29 is 46.7 Å². The highest BCUT2D eigenvalue weighted by Crippen LogP contribution is 2.55. The maximum atomic E-state index is 13.8. The van der Waals surface area contributed by atoms with Crippen molar-refractivity contribution in [3.05, 3.63) is 148 Å². The molecular weight excluding hydrogens is 729 g/mol. The Labute approximate surface area is 317 Å². The highest BCUT2D eigenvalue weighted by molar-refractivity contribution is 7.49. The van der Waals surface area contributed by atoms with Gasteiger partial charge in [-0.1, -0.05) is 72.8 Å². The number of rotatable bonds is 12. The van der Waals surface area contributed by atoms with Crippen LogP contribution in [0.5, 0.6) is 17.2 Å². The minimum Gasteiger partial charge on any atom is -0.497 e. The van der Waals surface area contributed by atoms with Gasteiger partial charge < -0.3 is 28.2 Å². The summed E-state index contributed by atoms with van der Waals surface area (Å²) in [5.41, 5.74) is 4.23. The molecule has 14 nitrogen and oxygen atoms in total. The Bertz CT molecular complexity index is 2190. The number of hydrogen-bond acceptors (Lipinski definition) is 13. The molecule has 15 heteroatoms. The fourth-order valence-electron chi connectivity index (χ4n) is 7.05. The lowest BCUT2D eigenvalue weighted by Crippen LogP contribution is -2.37. The van der Waals surface area contributed by atoms with E-state index in [2.05, 4.69) is 10.5 Å². The molecule has 0 aliphatic carbocycles. The van der Waals surface area contributed by atoms with Gasteiger partial charge in [-0.05, 0) is 66.9 Å². The number of nitrogens with zero attached hydrogens (tertiary/aromatic N) is 2. The molecule has 4 aromatic carbocycles. The van der Waals surface area contributed by atoms with E-state index in [-0.39, 0.29) is 19.0 Å². The Hall–Kier alpha value is -5.05. The van der Waals surface area contributed by atoms with E-state index in [0.29, 0.717) is 17.2 Å². The van der Waals surface area contributed by atoms with Crippen LogP contribution in [-0.4, -0.2) is 54.5 Å². The second-order valence-electron chi connectivity index (χ2n) is 13.6. The second kappa shape index (κ2) is 14.9. The molecule has 1 aromatic heterocycles. The first-order valence-electron chi connectivity index (χ1n) is 17.7.